The number of rotatable bonds is 6. The van der Waals surface area contributed by atoms with Crippen LogP contribution in [0.4, 0.5) is 0 Å². The Hall–Kier alpha value is -2.04. The molecular weight excluding hydrogens is 357 g/mol. The normalized spacial score (nSPS) is 11.0. The van der Waals surface area contributed by atoms with Crippen LogP contribution < -0.4 is 5.32 Å². The van der Waals surface area contributed by atoms with Gasteiger partial charge in [-0.3, -0.25) is 4.79 Å². The number of para-hydroxylation sites is 2. The van der Waals surface area contributed by atoms with Crippen LogP contribution >= 0.6 is 23.2 Å². The summed E-state index contributed by atoms with van der Waals surface area (Å²) in [5.74, 6) is 0.622. The molecule has 25 heavy (non-hydrogen) atoms. The number of imidazole rings is 1. The zero-order valence-electron chi connectivity index (χ0n) is 13.9. The second-order valence-electron chi connectivity index (χ2n) is 5.84. The third-order valence-electron chi connectivity index (χ3n) is 3.98. The SMILES string of the molecule is CCCCNC(=O)Cn1c(-c2ccc(Cl)cc2Cl)nc2ccccc21. The molecule has 4 nitrogen and oxygen atoms in total. The average molecular weight is 376 g/mol. The van der Waals surface area contributed by atoms with Crippen molar-refractivity contribution in [1.29, 1.82) is 0 Å². The fourth-order valence-corrected chi connectivity index (χ4v) is 3.21. The van der Waals surface area contributed by atoms with Gasteiger partial charge in [0.25, 0.3) is 0 Å². The van der Waals surface area contributed by atoms with E-state index >= 15 is 0 Å². The first-order valence-corrected chi connectivity index (χ1v) is 9.03. The van der Waals surface area contributed by atoms with E-state index in [2.05, 4.69) is 17.2 Å². The van der Waals surface area contributed by atoms with Crippen LogP contribution in [0.15, 0.2) is 42.5 Å². The molecule has 0 aliphatic heterocycles. The molecule has 2 aromatic carbocycles. The molecular formula is C19H19Cl2N3O. The van der Waals surface area contributed by atoms with Gasteiger partial charge in [0.05, 0.1) is 16.1 Å². The summed E-state index contributed by atoms with van der Waals surface area (Å²) in [5.41, 5.74) is 2.47. The molecule has 0 spiro atoms. The van der Waals surface area contributed by atoms with E-state index in [4.69, 9.17) is 23.2 Å². The first-order chi connectivity index (χ1) is 12.1. The highest BCUT2D eigenvalue weighted by molar-refractivity contribution is 6.36. The number of aromatic nitrogens is 2. The largest absolute Gasteiger partial charge is 0.355 e. The first-order valence-electron chi connectivity index (χ1n) is 8.27. The zero-order chi connectivity index (χ0) is 17.8. The Kier molecular flexibility index (Phi) is 5.61. The Morgan fingerprint density at radius 3 is 2.76 bits per heavy atom. The van der Waals surface area contributed by atoms with E-state index in [1.165, 1.54) is 0 Å². The van der Waals surface area contributed by atoms with Crippen molar-refractivity contribution in [2.45, 2.75) is 26.3 Å². The monoisotopic (exact) mass is 375 g/mol. The average Bonchev–Trinajstić information content (AvgIpc) is 2.93. The zero-order valence-corrected chi connectivity index (χ0v) is 15.4. The van der Waals surface area contributed by atoms with Gasteiger partial charge < -0.3 is 9.88 Å². The number of benzene rings is 2. The lowest BCUT2D eigenvalue weighted by atomic mass is 10.2. The molecule has 0 saturated carbocycles. The third kappa shape index (κ3) is 3.97. The van der Waals surface area contributed by atoms with Gasteiger partial charge in [-0.05, 0) is 36.8 Å². The van der Waals surface area contributed by atoms with Gasteiger partial charge in [-0.25, -0.2) is 4.98 Å². The molecule has 0 fully saturated rings. The Bertz CT molecular complexity index is 905. The maximum absolute atomic E-state index is 12.3. The summed E-state index contributed by atoms with van der Waals surface area (Å²) < 4.78 is 1.89. The minimum Gasteiger partial charge on any atom is -0.355 e. The lowest BCUT2D eigenvalue weighted by Crippen LogP contribution is -2.28. The summed E-state index contributed by atoms with van der Waals surface area (Å²) in [6, 6.07) is 13.0. The molecule has 1 amide bonds. The molecule has 0 radical (unpaired) electrons. The van der Waals surface area contributed by atoms with Crippen molar-refractivity contribution in [1.82, 2.24) is 14.9 Å². The number of halogens is 2. The molecule has 0 saturated heterocycles. The molecule has 0 aliphatic carbocycles. The number of carbonyl (C=O) groups excluding carboxylic acids is 1. The molecule has 0 unspecified atom stereocenters. The number of unbranched alkanes of at least 4 members (excludes halogenated alkanes) is 1. The number of fused-ring (bicyclic) bond motifs is 1. The van der Waals surface area contributed by atoms with E-state index in [1.807, 2.05) is 34.9 Å². The quantitative estimate of drug-likeness (QED) is 0.621. The van der Waals surface area contributed by atoms with Crippen molar-refractivity contribution in [3.63, 3.8) is 0 Å². The van der Waals surface area contributed by atoms with Crippen molar-refractivity contribution in [3.8, 4) is 11.4 Å². The first kappa shape index (κ1) is 17.8. The van der Waals surface area contributed by atoms with Crippen molar-refractivity contribution in [2.24, 2.45) is 0 Å². The highest BCUT2D eigenvalue weighted by Gasteiger charge is 2.17. The Balaban J connectivity index is 2.01. The number of amides is 1. The Morgan fingerprint density at radius 2 is 2.00 bits per heavy atom. The van der Waals surface area contributed by atoms with Crippen LogP contribution in [0.2, 0.25) is 10.0 Å². The van der Waals surface area contributed by atoms with Gasteiger partial charge in [0.2, 0.25) is 5.91 Å². The fraction of sp³-hybridized carbons (Fsp3) is 0.263. The van der Waals surface area contributed by atoms with Gasteiger partial charge in [0.15, 0.2) is 0 Å². The van der Waals surface area contributed by atoms with Crippen LogP contribution in [-0.4, -0.2) is 22.0 Å². The summed E-state index contributed by atoms with van der Waals surface area (Å²) in [4.78, 5) is 17.0. The molecule has 130 valence electrons. The van der Waals surface area contributed by atoms with E-state index in [0.717, 1.165) is 29.4 Å². The van der Waals surface area contributed by atoms with Crippen LogP contribution in [0.1, 0.15) is 19.8 Å². The van der Waals surface area contributed by atoms with E-state index in [0.29, 0.717) is 22.4 Å². The number of carbonyl (C=O) groups is 1. The number of hydrogen-bond donors (Lipinski definition) is 1. The smallest absolute Gasteiger partial charge is 0.240 e. The Labute approximate surface area is 156 Å². The van der Waals surface area contributed by atoms with Gasteiger partial charge in [-0.15, -0.1) is 0 Å². The molecule has 1 heterocycles. The molecule has 3 rings (SSSR count). The van der Waals surface area contributed by atoms with E-state index in [9.17, 15) is 4.79 Å². The van der Waals surface area contributed by atoms with Crippen LogP contribution in [0.5, 0.6) is 0 Å². The maximum atomic E-state index is 12.3. The second-order valence-corrected chi connectivity index (χ2v) is 6.68. The Morgan fingerprint density at radius 1 is 1.20 bits per heavy atom. The fourth-order valence-electron chi connectivity index (χ4n) is 2.72. The number of nitrogens with zero attached hydrogens (tertiary/aromatic N) is 2. The summed E-state index contributed by atoms with van der Waals surface area (Å²) in [6.07, 6.45) is 2.01. The molecule has 0 atom stereocenters. The van der Waals surface area contributed by atoms with Crippen molar-refractivity contribution in [2.75, 3.05) is 6.54 Å². The second kappa shape index (κ2) is 7.89. The standard InChI is InChI=1S/C19H19Cl2N3O/c1-2-3-10-22-18(25)12-24-17-7-5-4-6-16(17)23-19(24)14-9-8-13(20)11-15(14)21/h4-9,11H,2-3,10,12H2,1H3,(H,22,25). The predicted molar refractivity (Wildman–Crippen MR) is 103 cm³/mol. The van der Waals surface area contributed by atoms with Gasteiger partial charge in [0, 0.05) is 17.1 Å². The lowest BCUT2D eigenvalue weighted by Gasteiger charge is -2.11. The molecule has 0 aliphatic rings. The molecule has 1 aromatic heterocycles. The summed E-state index contributed by atoms with van der Waals surface area (Å²) >= 11 is 12.4. The van der Waals surface area contributed by atoms with Crippen molar-refractivity contribution < 1.29 is 4.79 Å². The molecule has 3 aromatic rings. The molecule has 0 bridgehead atoms. The number of hydrogen-bond acceptors (Lipinski definition) is 2. The third-order valence-corrected chi connectivity index (χ3v) is 4.53. The van der Waals surface area contributed by atoms with Crippen molar-refractivity contribution >= 4 is 40.1 Å². The van der Waals surface area contributed by atoms with Crippen LogP contribution in [0, 0.1) is 0 Å². The van der Waals surface area contributed by atoms with E-state index in [1.54, 1.807) is 12.1 Å². The summed E-state index contributed by atoms with van der Waals surface area (Å²) in [7, 11) is 0. The maximum Gasteiger partial charge on any atom is 0.240 e. The van der Waals surface area contributed by atoms with Gasteiger partial charge in [-0.1, -0.05) is 48.7 Å². The molecule has 6 heteroatoms. The highest BCUT2D eigenvalue weighted by atomic mass is 35.5. The molecule has 1 N–H and O–H groups in total. The van der Waals surface area contributed by atoms with Crippen LogP contribution in [0.25, 0.3) is 22.4 Å². The summed E-state index contributed by atoms with van der Waals surface area (Å²) in [6.45, 7) is 2.97. The minimum atomic E-state index is -0.0389. The topological polar surface area (TPSA) is 46.9 Å². The van der Waals surface area contributed by atoms with E-state index < -0.39 is 0 Å². The van der Waals surface area contributed by atoms with Gasteiger partial charge in [0.1, 0.15) is 12.4 Å². The van der Waals surface area contributed by atoms with Gasteiger partial charge >= 0.3 is 0 Å². The summed E-state index contributed by atoms with van der Waals surface area (Å²) in [5, 5.41) is 4.02. The predicted octanol–water partition coefficient (Wildman–Crippen LogP) is 4.93. The lowest BCUT2D eigenvalue weighted by molar-refractivity contribution is -0.121. The van der Waals surface area contributed by atoms with Crippen LogP contribution in [0.3, 0.4) is 0 Å². The van der Waals surface area contributed by atoms with Gasteiger partial charge in [-0.2, -0.15) is 0 Å². The van der Waals surface area contributed by atoms with Crippen molar-refractivity contribution in [3.05, 3.63) is 52.5 Å². The minimum absolute atomic E-state index is 0.0389. The van der Waals surface area contributed by atoms with Crippen LogP contribution in [-0.2, 0) is 11.3 Å². The number of nitrogens with one attached hydrogen (secondary N) is 1. The van der Waals surface area contributed by atoms with E-state index in [-0.39, 0.29) is 12.5 Å². The highest BCUT2D eigenvalue weighted by Crippen LogP contribution is 2.32.